The molecule has 3 aromatic heterocycles. The lowest BCUT2D eigenvalue weighted by Gasteiger charge is -2.12. The summed E-state index contributed by atoms with van der Waals surface area (Å²) in [5.74, 6) is 2.09. The second-order valence-electron chi connectivity index (χ2n) is 5.94. The molecule has 0 saturated heterocycles. The fourth-order valence-electron chi connectivity index (χ4n) is 1.83. The molecule has 118 valence electrons. The van der Waals surface area contributed by atoms with Gasteiger partial charge in [0, 0.05) is 34.8 Å². The van der Waals surface area contributed by atoms with Gasteiger partial charge in [0.05, 0.1) is 6.20 Å². The van der Waals surface area contributed by atoms with E-state index in [0.717, 1.165) is 16.5 Å². The number of nitrogens with zero attached hydrogens (tertiary/aromatic N) is 4. The van der Waals surface area contributed by atoms with Gasteiger partial charge >= 0.3 is 0 Å². The molecule has 0 aliphatic carbocycles. The maximum atomic E-state index is 5.75. The van der Waals surface area contributed by atoms with Crippen molar-refractivity contribution in [1.29, 1.82) is 0 Å². The minimum absolute atomic E-state index is 0.0630. The average Bonchev–Trinajstić information content (AvgIpc) is 3.17. The Morgan fingerprint density at radius 2 is 2.00 bits per heavy atom. The van der Waals surface area contributed by atoms with E-state index < -0.39 is 0 Å². The Bertz CT molecular complexity index is 802. The first-order valence-corrected chi connectivity index (χ1v) is 8.01. The second-order valence-corrected chi connectivity index (χ2v) is 6.83. The number of aromatic nitrogens is 4. The van der Waals surface area contributed by atoms with E-state index in [1.54, 1.807) is 24.7 Å². The van der Waals surface area contributed by atoms with E-state index in [9.17, 15) is 0 Å². The van der Waals surface area contributed by atoms with Crippen LogP contribution in [-0.4, -0.2) is 19.9 Å². The van der Waals surface area contributed by atoms with Gasteiger partial charge in [0.15, 0.2) is 5.13 Å². The fraction of sp³-hybridized carbons (Fsp3) is 0.250. The van der Waals surface area contributed by atoms with E-state index in [1.165, 1.54) is 17.7 Å². The number of hydrogen-bond donors (Lipinski definition) is 1. The quantitative estimate of drug-likeness (QED) is 0.776. The number of anilines is 2. The van der Waals surface area contributed by atoms with Crippen LogP contribution in [0.2, 0.25) is 0 Å². The van der Waals surface area contributed by atoms with E-state index >= 15 is 0 Å². The lowest BCUT2D eigenvalue weighted by atomic mass is 9.94. The van der Waals surface area contributed by atoms with Gasteiger partial charge in [-0.05, 0) is 6.08 Å². The van der Waals surface area contributed by atoms with Gasteiger partial charge in [-0.3, -0.25) is 0 Å². The first-order chi connectivity index (χ1) is 11.0. The van der Waals surface area contributed by atoms with Gasteiger partial charge in [-0.15, -0.1) is 11.3 Å². The van der Waals surface area contributed by atoms with Crippen molar-refractivity contribution in [2.45, 2.75) is 26.2 Å². The van der Waals surface area contributed by atoms with Crippen molar-refractivity contribution >= 4 is 34.4 Å². The zero-order valence-electron chi connectivity index (χ0n) is 13.1. The predicted octanol–water partition coefficient (Wildman–Crippen LogP) is 4.13. The van der Waals surface area contributed by atoms with Gasteiger partial charge in [-0.25, -0.2) is 19.9 Å². The summed E-state index contributed by atoms with van der Waals surface area (Å²) in [5, 5.41) is 5.86. The van der Waals surface area contributed by atoms with Crippen molar-refractivity contribution in [1.82, 2.24) is 19.9 Å². The summed E-state index contributed by atoms with van der Waals surface area (Å²) < 4.78 is 5.75. The van der Waals surface area contributed by atoms with E-state index in [4.69, 9.17) is 4.42 Å². The highest BCUT2D eigenvalue weighted by Crippen LogP contribution is 2.24. The maximum Gasteiger partial charge on any atom is 0.218 e. The molecular formula is C16H17N5OS. The van der Waals surface area contributed by atoms with E-state index in [2.05, 4.69) is 46.0 Å². The van der Waals surface area contributed by atoms with Crippen LogP contribution < -0.4 is 5.32 Å². The molecule has 0 aromatic carbocycles. The van der Waals surface area contributed by atoms with Crippen LogP contribution in [0.4, 0.5) is 10.9 Å². The van der Waals surface area contributed by atoms with Crippen LogP contribution in [-0.2, 0) is 5.41 Å². The van der Waals surface area contributed by atoms with Gasteiger partial charge in [0.1, 0.15) is 17.9 Å². The molecule has 23 heavy (non-hydrogen) atoms. The van der Waals surface area contributed by atoms with Crippen LogP contribution in [0.3, 0.4) is 0 Å². The zero-order chi connectivity index (χ0) is 16.3. The summed E-state index contributed by atoms with van der Waals surface area (Å²) in [6, 6.07) is 0. The zero-order valence-corrected chi connectivity index (χ0v) is 14.0. The summed E-state index contributed by atoms with van der Waals surface area (Å²) in [4.78, 5) is 16.8. The largest absolute Gasteiger partial charge is 0.441 e. The molecule has 7 heteroatoms. The molecule has 0 atom stereocenters. The first-order valence-electron chi connectivity index (χ1n) is 7.13. The highest BCUT2D eigenvalue weighted by molar-refractivity contribution is 7.13. The predicted molar refractivity (Wildman–Crippen MR) is 91.6 cm³/mol. The smallest absolute Gasteiger partial charge is 0.218 e. The van der Waals surface area contributed by atoms with Gasteiger partial charge in [-0.2, -0.15) is 0 Å². The molecule has 1 N–H and O–H groups in total. The summed E-state index contributed by atoms with van der Waals surface area (Å²) in [6.45, 7) is 6.26. The van der Waals surface area contributed by atoms with Gasteiger partial charge in [-0.1, -0.05) is 20.8 Å². The number of nitrogens with one attached hydrogen (secondary N) is 1. The topological polar surface area (TPSA) is 76.7 Å². The third-order valence-electron chi connectivity index (χ3n) is 3.07. The number of oxazole rings is 1. The SMILES string of the molecule is CC(C)(C)c1cnc(C=Cc2cncnc2Nc2nccs2)o1. The molecule has 0 radical (unpaired) electrons. The first kappa shape index (κ1) is 15.4. The van der Waals surface area contributed by atoms with Crippen molar-refractivity contribution in [3.63, 3.8) is 0 Å². The Morgan fingerprint density at radius 3 is 2.70 bits per heavy atom. The molecule has 0 aliphatic heterocycles. The Hall–Kier alpha value is -2.54. The lowest BCUT2D eigenvalue weighted by molar-refractivity contribution is 0.403. The molecule has 0 bridgehead atoms. The normalized spacial score (nSPS) is 12.0. The van der Waals surface area contributed by atoms with E-state index in [-0.39, 0.29) is 5.41 Å². The summed E-state index contributed by atoms with van der Waals surface area (Å²) >= 11 is 1.51. The van der Waals surface area contributed by atoms with Crippen LogP contribution >= 0.6 is 11.3 Å². The number of hydrogen-bond acceptors (Lipinski definition) is 7. The standard InChI is InChI=1S/C16H17N5OS/c1-16(2,3)12-9-19-13(22-12)5-4-11-8-17-10-20-14(11)21-15-18-6-7-23-15/h4-10H,1-3H3,(H,17,18,20,21). The summed E-state index contributed by atoms with van der Waals surface area (Å²) in [6.07, 6.45) is 10.4. The van der Waals surface area contributed by atoms with E-state index in [0.29, 0.717) is 11.7 Å². The van der Waals surface area contributed by atoms with Crippen molar-refractivity contribution < 1.29 is 4.42 Å². The molecule has 0 saturated carbocycles. The van der Waals surface area contributed by atoms with Gasteiger partial charge in [0.2, 0.25) is 5.89 Å². The van der Waals surface area contributed by atoms with E-state index in [1.807, 2.05) is 11.5 Å². The molecular weight excluding hydrogens is 310 g/mol. The third-order valence-corrected chi connectivity index (χ3v) is 3.75. The Kier molecular flexibility index (Phi) is 4.20. The van der Waals surface area contributed by atoms with Crippen LogP contribution in [0.15, 0.2) is 34.7 Å². The van der Waals surface area contributed by atoms with Crippen LogP contribution in [0.25, 0.3) is 12.2 Å². The Balaban J connectivity index is 1.81. The van der Waals surface area contributed by atoms with Crippen molar-refractivity contribution in [2.24, 2.45) is 0 Å². The third kappa shape index (κ3) is 3.81. The van der Waals surface area contributed by atoms with Gasteiger partial charge in [0.25, 0.3) is 0 Å². The van der Waals surface area contributed by atoms with Crippen molar-refractivity contribution in [3.8, 4) is 0 Å². The molecule has 0 aliphatic rings. The number of thiazole rings is 1. The molecule has 6 nitrogen and oxygen atoms in total. The summed E-state index contributed by atoms with van der Waals surface area (Å²) in [7, 11) is 0. The molecule has 0 unspecified atom stereocenters. The molecule has 0 spiro atoms. The van der Waals surface area contributed by atoms with Crippen LogP contribution in [0.5, 0.6) is 0 Å². The lowest BCUT2D eigenvalue weighted by Crippen LogP contribution is -2.09. The van der Waals surface area contributed by atoms with Crippen LogP contribution in [0, 0.1) is 0 Å². The Labute approximate surface area is 138 Å². The van der Waals surface area contributed by atoms with Crippen LogP contribution in [0.1, 0.15) is 38.0 Å². The Morgan fingerprint density at radius 1 is 1.13 bits per heavy atom. The fourth-order valence-corrected chi connectivity index (χ4v) is 2.35. The highest BCUT2D eigenvalue weighted by Gasteiger charge is 2.18. The monoisotopic (exact) mass is 327 g/mol. The molecule has 3 rings (SSSR count). The molecule has 0 amide bonds. The van der Waals surface area contributed by atoms with Gasteiger partial charge < -0.3 is 9.73 Å². The molecule has 3 aromatic rings. The molecule has 3 heterocycles. The summed E-state index contributed by atoms with van der Waals surface area (Å²) in [5.41, 5.74) is 0.769. The minimum Gasteiger partial charge on any atom is -0.441 e. The maximum absolute atomic E-state index is 5.75. The highest BCUT2D eigenvalue weighted by atomic mass is 32.1. The molecule has 0 fully saturated rings. The second kappa shape index (κ2) is 6.29. The van der Waals surface area contributed by atoms with Crippen molar-refractivity contribution in [3.05, 3.63) is 47.5 Å². The minimum atomic E-state index is -0.0630. The number of rotatable bonds is 4. The van der Waals surface area contributed by atoms with Crippen molar-refractivity contribution in [2.75, 3.05) is 5.32 Å². The average molecular weight is 327 g/mol.